The third-order valence-electron chi connectivity index (χ3n) is 4.67. The van der Waals surface area contributed by atoms with Crippen LogP contribution in [0.5, 0.6) is 17.2 Å². The van der Waals surface area contributed by atoms with Crippen molar-refractivity contribution in [1.82, 2.24) is 0 Å². The van der Waals surface area contributed by atoms with E-state index >= 15 is 0 Å². The lowest BCUT2D eigenvalue weighted by atomic mass is 10.2. The van der Waals surface area contributed by atoms with Crippen molar-refractivity contribution in [3.8, 4) is 17.2 Å². The lowest BCUT2D eigenvalue weighted by Gasteiger charge is -2.11. The van der Waals surface area contributed by atoms with Crippen molar-refractivity contribution in [2.24, 2.45) is 0 Å². The van der Waals surface area contributed by atoms with Crippen LogP contribution < -0.4 is 20.1 Å². The first-order valence-electron chi connectivity index (χ1n) is 10.8. The Hall–Kier alpha value is -3.47. The summed E-state index contributed by atoms with van der Waals surface area (Å²) in [5, 5.41) is 6.03. The van der Waals surface area contributed by atoms with Crippen LogP contribution in [0.15, 0.2) is 78.9 Å². The van der Waals surface area contributed by atoms with Gasteiger partial charge in [0.05, 0.1) is 13.2 Å². The number of rotatable bonds is 12. The van der Waals surface area contributed by atoms with Crippen LogP contribution >= 0.6 is 0 Å². The van der Waals surface area contributed by atoms with Crippen molar-refractivity contribution in [1.29, 1.82) is 0 Å². The predicted octanol–water partition coefficient (Wildman–Crippen LogP) is 6.49. The summed E-state index contributed by atoms with van der Waals surface area (Å²) in [7, 11) is 0. The van der Waals surface area contributed by atoms with E-state index in [0.717, 1.165) is 29.3 Å². The quantitative estimate of drug-likeness (QED) is 0.330. The second-order valence-electron chi connectivity index (χ2n) is 7.28. The summed E-state index contributed by atoms with van der Waals surface area (Å²) < 4.78 is 11.6. The average Bonchev–Trinajstić information content (AvgIpc) is 2.80. The lowest BCUT2D eigenvalue weighted by Crippen LogP contribution is -2.21. The van der Waals surface area contributed by atoms with Gasteiger partial charge < -0.3 is 20.1 Å². The maximum Gasteiger partial charge on any atom is 0.243 e. The van der Waals surface area contributed by atoms with Gasteiger partial charge in [-0.2, -0.15) is 0 Å². The summed E-state index contributed by atoms with van der Waals surface area (Å²) in [6.07, 6.45) is 4.70. The molecule has 3 rings (SSSR count). The first-order chi connectivity index (χ1) is 15.2. The number of carbonyl (C=O) groups is 1. The van der Waals surface area contributed by atoms with Gasteiger partial charge in [-0.1, -0.05) is 50.5 Å². The molecular formula is C26H30N2O3. The highest BCUT2D eigenvalue weighted by molar-refractivity contribution is 5.93. The van der Waals surface area contributed by atoms with Gasteiger partial charge in [0.1, 0.15) is 17.2 Å². The van der Waals surface area contributed by atoms with Crippen LogP contribution in [-0.4, -0.2) is 19.1 Å². The van der Waals surface area contributed by atoms with Gasteiger partial charge in [-0.3, -0.25) is 4.79 Å². The molecule has 0 fully saturated rings. The van der Waals surface area contributed by atoms with Crippen LogP contribution in [0.2, 0.25) is 0 Å². The molecule has 162 valence electrons. The second-order valence-corrected chi connectivity index (χ2v) is 7.28. The van der Waals surface area contributed by atoms with Crippen molar-refractivity contribution < 1.29 is 14.3 Å². The van der Waals surface area contributed by atoms with Crippen LogP contribution in [0.3, 0.4) is 0 Å². The summed E-state index contributed by atoms with van der Waals surface area (Å²) in [6.45, 7) is 3.08. The molecule has 0 heterocycles. The van der Waals surface area contributed by atoms with Gasteiger partial charge in [-0.15, -0.1) is 0 Å². The summed E-state index contributed by atoms with van der Waals surface area (Å²) in [5.41, 5.74) is 1.57. The molecule has 5 heteroatoms. The molecule has 0 aromatic heterocycles. The Morgan fingerprint density at radius 2 is 1.52 bits per heavy atom. The highest BCUT2D eigenvalue weighted by atomic mass is 16.5. The molecule has 0 atom stereocenters. The molecule has 3 aromatic rings. The summed E-state index contributed by atoms with van der Waals surface area (Å²) >= 11 is 0. The van der Waals surface area contributed by atoms with E-state index in [-0.39, 0.29) is 12.5 Å². The molecule has 0 aliphatic carbocycles. The maximum absolute atomic E-state index is 12.3. The number of hydrogen-bond donors (Lipinski definition) is 2. The SMILES string of the molecule is CCCCCCOc1cccc(NCC(=O)Nc2ccc(Oc3ccccc3)cc2)c1. The molecule has 0 radical (unpaired) electrons. The van der Waals surface area contributed by atoms with E-state index in [9.17, 15) is 4.79 Å². The molecule has 1 amide bonds. The Morgan fingerprint density at radius 1 is 0.774 bits per heavy atom. The van der Waals surface area contributed by atoms with Gasteiger partial charge in [0.15, 0.2) is 0 Å². The van der Waals surface area contributed by atoms with E-state index in [0.29, 0.717) is 12.4 Å². The Labute approximate surface area is 184 Å². The molecule has 31 heavy (non-hydrogen) atoms. The fourth-order valence-corrected chi connectivity index (χ4v) is 3.03. The normalized spacial score (nSPS) is 10.4. The number of hydrogen-bond acceptors (Lipinski definition) is 4. The number of anilines is 2. The molecule has 2 N–H and O–H groups in total. The van der Waals surface area contributed by atoms with E-state index in [1.54, 1.807) is 0 Å². The van der Waals surface area contributed by atoms with Crippen LogP contribution in [0.4, 0.5) is 11.4 Å². The first-order valence-corrected chi connectivity index (χ1v) is 10.8. The molecule has 3 aromatic carbocycles. The number of benzene rings is 3. The van der Waals surface area contributed by atoms with Gasteiger partial charge in [0.25, 0.3) is 0 Å². The number of unbranched alkanes of at least 4 members (excludes halogenated alkanes) is 3. The Kier molecular flexibility index (Phi) is 8.80. The number of amides is 1. The summed E-state index contributed by atoms with van der Waals surface area (Å²) in [5.74, 6) is 2.18. The number of ether oxygens (including phenoxy) is 2. The first kappa shape index (κ1) is 22.2. The monoisotopic (exact) mass is 418 g/mol. The minimum absolute atomic E-state index is 0.123. The molecular weight excluding hydrogens is 388 g/mol. The molecule has 5 nitrogen and oxygen atoms in total. The smallest absolute Gasteiger partial charge is 0.243 e. The summed E-state index contributed by atoms with van der Waals surface area (Å²) in [4.78, 5) is 12.3. The largest absolute Gasteiger partial charge is 0.494 e. The van der Waals surface area contributed by atoms with Gasteiger partial charge in [-0.25, -0.2) is 0 Å². The minimum Gasteiger partial charge on any atom is -0.494 e. The standard InChI is InChI=1S/C26H30N2O3/c1-2-3-4-8-18-30-25-13-9-10-22(19-25)27-20-26(29)28-21-14-16-24(17-15-21)31-23-11-6-5-7-12-23/h5-7,9-17,19,27H,2-4,8,18,20H2,1H3,(H,28,29). The van der Waals surface area contributed by atoms with E-state index < -0.39 is 0 Å². The Bertz CT molecular complexity index is 927. The van der Waals surface area contributed by atoms with Crippen molar-refractivity contribution >= 4 is 17.3 Å². The maximum atomic E-state index is 12.3. The molecule has 0 saturated carbocycles. The van der Waals surface area contributed by atoms with E-state index in [2.05, 4.69) is 17.6 Å². The molecule has 0 aliphatic rings. The lowest BCUT2D eigenvalue weighted by molar-refractivity contribution is -0.114. The zero-order valence-electron chi connectivity index (χ0n) is 18.0. The predicted molar refractivity (Wildman–Crippen MR) is 126 cm³/mol. The number of nitrogens with one attached hydrogen (secondary N) is 2. The Morgan fingerprint density at radius 3 is 2.29 bits per heavy atom. The topological polar surface area (TPSA) is 59.6 Å². The summed E-state index contributed by atoms with van der Waals surface area (Å²) in [6, 6.07) is 24.6. The van der Waals surface area contributed by atoms with Crippen molar-refractivity contribution in [2.75, 3.05) is 23.8 Å². The Balaban J connectivity index is 1.42. The van der Waals surface area contributed by atoms with Gasteiger partial charge in [-0.05, 0) is 55.0 Å². The number of para-hydroxylation sites is 1. The van der Waals surface area contributed by atoms with Crippen LogP contribution in [-0.2, 0) is 4.79 Å². The zero-order valence-corrected chi connectivity index (χ0v) is 18.0. The number of carbonyl (C=O) groups excluding carboxylic acids is 1. The van der Waals surface area contributed by atoms with Crippen molar-refractivity contribution in [3.05, 3.63) is 78.9 Å². The highest BCUT2D eigenvalue weighted by Crippen LogP contribution is 2.22. The highest BCUT2D eigenvalue weighted by Gasteiger charge is 2.04. The second kappa shape index (κ2) is 12.3. The average molecular weight is 419 g/mol. The van der Waals surface area contributed by atoms with E-state index in [1.165, 1.54) is 19.3 Å². The third kappa shape index (κ3) is 8.05. The van der Waals surface area contributed by atoms with Crippen LogP contribution in [0, 0.1) is 0 Å². The molecule has 0 spiro atoms. The fourth-order valence-electron chi connectivity index (χ4n) is 3.03. The fraction of sp³-hybridized carbons (Fsp3) is 0.269. The van der Waals surface area contributed by atoms with Crippen LogP contribution in [0.25, 0.3) is 0 Å². The third-order valence-corrected chi connectivity index (χ3v) is 4.67. The molecule has 0 unspecified atom stereocenters. The molecule has 0 aliphatic heterocycles. The van der Waals surface area contributed by atoms with Gasteiger partial charge in [0.2, 0.25) is 5.91 Å². The van der Waals surface area contributed by atoms with Crippen LogP contribution in [0.1, 0.15) is 32.6 Å². The van der Waals surface area contributed by atoms with Crippen molar-refractivity contribution in [3.63, 3.8) is 0 Å². The van der Waals surface area contributed by atoms with E-state index in [1.807, 2.05) is 78.9 Å². The minimum atomic E-state index is -0.123. The van der Waals surface area contributed by atoms with Crippen molar-refractivity contribution in [2.45, 2.75) is 32.6 Å². The zero-order chi connectivity index (χ0) is 21.7. The molecule has 0 bridgehead atoms. The molecule has 0 saturated heterocycles. The van der Waals surface area contributed by atoms with Gasteiger partial charge >= 0.3 is 0 Å². The van der Waals surface area contributed by atoms with Gasteiger partial charge in [0, 0.05) is 17.4 Å². The van der Waals surface area contributed by atoms with E-state index in [4.69, 9.17) is 9.47 Å².